The number of morpholine rings is 1. The number of nitrogens with zero attached hydrogens (tertiary/aromatic N) is 3. The number of nitrogens with one attached hydrogen (secondary N) is 1. The molecule has 1 saturated heterocycles. The van der Waals surface area contributed by atoms with Crippen LogP contribution in [0, 0.1) is 0 Å². The number of aromatic nitrogens is 2. The van der Waals surface area contributed by atoms with Crippen molar-refractivity contribution in [2.75, 3.05) is 46.0 Å². The summed E-state index contributed by atoms with van der Waals surface area (Å²) in [5.41, 5.74) is 2.54. The van der Waals surface area contributed by atoms with E-state index in [0.29, 0.717) is 19.0 Å². The fourth-order valence-electron chi connectivity index (χ4n) is 3.21. The van der Waals surface area contributed by atoms with Gasteiger partial charge in [0.25, 0.3) is 0 Å². The average molecular weight is 435 g/mol. The first-order valence-corrected chi connectivity index (χ1v) is 10.7. The van der Waals surface area contributed by atoms with Gasteiger partial charge in [-0.05, 0) is 35.4 Å². The summed E-state index contributed by atoms with van der Waals surface area (Å²) in [6, 6.07) is 7.73. The number of carbonyl (C=O) groups excluding carboxylic acids is 1. The van der Waals surface area contributed by atoms with Crippen molar-refractivity contribution in [2.45, 2.75) is 6.42 Å². The molecule has 7 nitrogen and oxygen atoms in total. The molecule has 0 radical (unpaired) electrons. The molecule has 168 valence electrons. The van der Waals surface area contributed by atoms with Gasteiger partial charge in [0, 0.05) is 44.1 Å². The van der Waals surface area contributed by atoms with Crippen molar-refractivity contribution in [3.05, 3.63) is 79.2 Å². The first kappa shape index (κ1) is 23.4. The first-order chi connectivity index (χ1) is 15.7. The number of amides is 1. The predicted molar refractivity (Wildman–Crippen MR) is 125 cm³/mol. The minimum atomic E-state index is -0.100. The molecule has 1 aliphatic rings. The van der Waals surface area contributed by atoms with Crippen LogP contribution < -0.4 is 10.1 Å². The fraction of sp³-hybridized carbons (Fsp3) is 0.320. The van der Waals surface area contributed by atoms with E-state index in [-0.39, 0.29) is 12.3 Å². The lowest BCUT2D eigenvalue weighted by Crippen LogP contribution is -2.38. The van der Waals surface area contributed by atoms with Gasteiger partial charge in [0.1, 0.15) is 12.4 Å². The predicted octanol–water partition coefficient (Wildman–Crippen LogP) is 2.81. The molecule has 0 bridgehead atoms. The molecule has 1 fully saturated rings. The van der Waals surface area contributed by atoms with Crippen LogP contribution in [-0.2, 0) is 16.0 Å². The highest BCUT2D eigenvalue weighted by atomic mass is 16.5. The SMILES string of the molecule is C=C/C=C(\C=C)CNC(=O)Cc1cnc(-c2ccc(OCCN3CCOCC3)cc2)nc1. The third kappa shape index (κ3) is 7.44. The lowest BCUT2D eigenvalue weighted by Gasteiger charge is -2.26. The Balaban J connectivity index is 1.46. The summed E-state index contributed by atoms with van der Waals surface area (Å²) < 4.78 is 11.2. The van der Waals surface area contributed by atoms with Crippen molar-refractivity contribution in [3.8, 4) is 17.1 Å². The molecule has 1 aliphatic heterocycles. The molecule has 1 N–H and O–H groups in total. The van der Waals surface area contributed by atoms with Crippen LogP contribution in [0.2, 0.25) is 0 Å². The van der Waals surface area contributed by atoms with Gasteiger partial charge in [-0.3, -0.25) is 9.69 Å². The van der Waals surface area contributed by atoms with Gasteiger partial charge in [-0.1, -0.05) is 31.4 Å². The van der Waals surface area contributed by atoms with Crippen molar-refractivity contribution < 1.29 is 14.3 Å². The molecular weight excluding hydrogens is 404 g/mol. The van der Waals surface area contributed by atoms with Crippen molar-refractivity contribution >= 4 is 5.91 Å². The van der Waals surface area contributed by atoms with E-state index in [1.165, 1.54) is 0 Å². The van der Waals surface area contributed by atoms with E-state index in [2.05, 4.69) is 33.3 Å². The first-order valence-electron chi connectivity index (χ1n) is 10.7. The minimum Gasteiger partial charge on any atom is -0.492 e. The monoisotopic (exact) mass is 434 g/mol. The summed E-state index contributed by atoms with van der Waals surface area (Å²) in [6.07, 6.45) is 8.76. The van der Waals surface area contributed by atoms with E-state index < -0.39 is 0 Å². The van der Waals surface area contributed by atoms with Crippen LogP contribution in [0.15, 0.2) is 73.6 Å². The molecule has 3 rings (SSSR count). The lowest BCUT2D eigenvalue weighted by molar-refractivity contribution is -0.120. The third-order valence-corrected chi connectivity index (χ3v) is 5.05. The summed E-state index contributed by atoms with van der Waals surface area (Å²) in [5.74, 6) is 1.33. The minimum absolute atomic E-state index is 0.100. The normalized spacial score (nSPS) is 14.6. The number of hydrogen-bond acceptors (Lipinski definition) is 6. The highest BCUT2D eigenvalue weighted by Crippen LogP contribution is 2.19. The van der Waals surface area contributed by atoms with Gasteiger partial charge < -0.3 is 14.8 Å². The van der Waals surface area contributed by atoms with Crippen LogP contribution in [-0.4, -0.2) is 66.8 Å². The molecule has 0 unspecified atom stereocenters. The van der Waals surface area contributed by atoms with Gasteiger partial charge in [0.15, 0.2) is 5.82 Å². The molecule has 7 heteroatoms. The van der Waals surface area contributed by atoms with Crippen molar-refractivity contribution in [3.63, 3.8) is 0 Å². The van der Waals surface area contributed by atoms with Crippen LogP contribution in [0.1, 0.15) is 5.56 Å². The zero-order valence-electron chi connectivity index (χ0n) is 18.3. The summed E-state index contributed by atoms with van der Waals surface area (Å²) >= 11 is 0. The number of carbonyl (C=O) groups is 1. The molecule has 0 spiro atoms. The summed E-state index contributed by atoms with van der Waals surface area (Å²) in [5, 5.41) is 2.85. The Morgan fingerprint density at radius 1 is 1.16 bits per heavy atom. The second-order valence-electron chi connectivity index (χ2n) is 7.38. The quantitative estimate of drug-likeness (QED) is 0.548. The summed E-state index contributed by atoms with van der Waals surface area (Å²) in [4.78, 5) is 23.3. The highest BCUT2D eigenvalue weighted by Gasteiger charge is 2.10. The Hall–Kier alpha value is -3.29. The van der Waals surface area contributed by atoms with Crippen LogP contribution in [0.5, 0.6) is 5.75 Å². The zero-order valence-corrected chi connectivity index (χ0v) is 18.3. The van der Waals surface area contributed by atoms with E-state index in [0.717, 1.165) is 55.3 Å². The molecule has 32 heavy (non-hydrogen) atoms. The Morgan fingerprint density at radius 3 is 2.53 bits per heavy atom. The third-order valence-electron chi connectivity index (χ3n) is 5.05. The molecule has 0 saturated carbocycles. The molecule has 2 heterocycles. The molecule has 0 aliphatic carbocycles. The maximum absolute atomic E-state index is 12.1. The molecular formula is C25H30N4O3. The van der Waals surface area contributed by atoms with Crippen molar-refractivity contribution in [1.82, 2.24) is 20.2 Å². The Kier molecular flexibility index (Phi) is 9.16. The molecule has 1 aromatic heterocycles. The Morgan fingerprint density at radius 2 is 1.88 bits per heavy atom. The van der Waals surface area contributed by atoms with Crippen LogP contribution >= 0.6 is 0 Å². The Bertz CT molecular complexity index is 917. The second-order valence-corrected chi connectivity index (χ2v) is 7.38. The van der Waals surface area contributed by atoms with Gasteiger partial charge in [-0.2, -0.15) is 0 Å². The average Bonchev–Trinajstić information content (AvgIpc) is 2.83. The number of allylic oxidation sites excluding steroid dienone is 2. The maximum Gasteiger partial charge on any atom is 0.224 e. The standard InChI is InChI=1S/C25H30N4O3/c1-3-5-20(4-2)17-26-24(30)16-21-18-27-25(28-19-21)22-6-8-23(9-7-22)32-15-12-29-10-13-31-14-11-29/h3-9,18-19H,1-2,10-17H2,(H,26,30)/b20-5+. The second kappa shape index (κ2) is 12.5. The number of hydrogen-bond donors (Lipinski definition) is 1. The van der Waals surface area contributed by atoms with E-state index in [4.69, 9.17) is 9.47 Å². The molecule has 1 aromatic carbocycles. The van der Waals surface area contributed by atoms with Gasteiger partial charge in [0.05, 0.1) is 19.6 Å². The van der Waals surface area contributed by atoms with E-state index >= 15 is 0 Å². The summed E-state index contributed by atoms with van der Waals surface area (Å²) in [7, 11) is 0. The fourth-order valence-corrected chi connectivity index (χ4v) is 3.21. The molecule has 1 amide bonds. The van der Waals surface area contributed by atoms with Crippen molar-refractivity contribution in [1.29, 1.82) is 0 Å². The summed E-state index contributed by atoms with van der Waals surface area (Å²) in [6.45, 7) is 12.8. The van der Waals surface area contributed by atoms with Crippen LogP contribution in [0.25, 0.3) is 11.4 Å². The van der Waals surface area contributed by atoms with Gasteiger partial charge >= 0.3 is 0 Å². The topological polar surface area (TPSA) is 76.6 Å². The largest absolute Gasteiger partial charge is 0.492 e. The Labute approximate surface area is 189 Å². The van der Waals surface area contributed by atoms with Gasteiger partial charge in [-0.25, -0.2) is 9.97 Å². The molecule has 0 atom stereocenters. The maximum atomic E-state index is 12.1. The van der Waals surface area contributed by atoms with Gasteiger partial charge in [-0.15, -0.1) is 0 Å². The lowest BCUT2D eigenvalue weighted by atomic mass is 10.2. The van der Waals surface area contributed by atoms with Gasteiger partial charge in [0.2, 0.25) is 5.91 Å². The van der Waals surface area contributed by atoms with Crippen LogP contribution in [0.4, 0.5) is 0 Å². The van der Waals surface area contributed by atoms with E-state index in [1.54, 1.807) is 24.5 Å². The zero-order chi connectivity index (χ0) is 22.6. The number of benzene rings is 1. The number of ether oxygens (including phenoxy) is 2. The number of rotatable bonds is 11. The van der Waals surface area contributed by atoms with Crippen LogP contribution in [0.3, 0.4) is 0 Å². The van der Waals surface area contributed by atoms with Crippen molar-refractivity contribution in [2.24, 2.45) is 0 Å². The van der Waals surface area contributed by atoms with E-state index in [1.807, 2.05) is 30.3 Å². The molecule has 2 aromatic rings. The smallest absolute Gasteiger partial charge is 0.224 e. The van der Waals surface area contributed by atoms with E-state index in [9.17, 15) is 4.79 Å². The highest BCUT2D eigenvalue weighted by molar-refractivity contribution is 5.78.